The van der Waals surface area contributed by atoms with Crippen LogP contribution in [0.2, 0.25) is 5.02 Å². The third-order valence-corrected chi connectivity index (χ3v) is 3.82. The van der Waals surface area contributed by atoms with Crippen molar-refractivity contribution < 1.29 is 18.0 Å². The van der Waals surface area contributed by atoms with Gasteiger partial charge < -0.3 is 5.32 Å². The summed E-state index contributed by atoms with van der Waals surface area (Å²) in [6.45, 7) is 3.25. The summed E-state index contributed by atoms with van der Waals surface area (Å²) in [7, 11) is 0. The van der Waals surface area contributed by atoms with Crippen molar-refractivity contribution in [1.29, 1.82) is 0 Å². The number of hydrogen-bond acceptors (Lipinski definition) is 2. The van der Waals surface area contributed by atoms with Gasteiger partial charge in [-0.25, -0.2) is 13.2 Å². The monoisotopic (exact) mass is 356 g/mol. The molecule has 1 amide bonds. The van der Waals surface area contributed by atoms with Crippen molar-refractivity contribution in [2.75, 3.05) is 5.32 Å². The molecule has 0 radical (unpaired) electrons. The molecule has 24 heavy (non-hydrogen) atoms. The van der Waals surface area contributed by atoms with Gasteiger partial charge in [0.15, 0.2) is 0 Å². The highest BCUT2D eigenvalue weighted by Gasteiger charge is 2.19. The minimum atomic E-state index is -0.691. The largest absolute Gasteiger partial charge is 0.323 e. The molecular weight excluding hydrogens is 341 g/mol. The third kappa shape index (κ3) is 4.49. The summed E-state index contributed by atoms with van der Waals surface area (Å²) in [6, 6.07) is 5.67. The van der Waals surface area contributed by atoms with Gasteiger partial charge >= 0.3 is 0 Å². The maximum absolute atomic E-state index is 13.8. The average Bonchev–Trinajstić information content (AvgIpc) is 2.49. The van der Waals surface area contributed by atoms with Gasteiger partial charge in [-0.15, -0.1) is 0 Å². The molecule has 0 aromatic heterocycles. The van der Waals surface area contributed by atoms with Crippen molar-refractivity contribution in [2.24, 2.45) is 0 Å². The molecule has 2 atom stereocenters. The molecule has 128 valence electrons. The van der Waals surface area contributed by atoms with Crippen LogP contribution in [0.1, 0.15) is 25.5 Å². The zero-order valence-corrected chi connectivity index (χ0v) is 13.8. The van der Waals surface area contributed by atoms with Gasteiger partial charge in [0.25, 0.3) is 0 Å². The fourth-order valence-corrected chi connectivity index (χ4v) is 2.44. The van der Waals surface area contributed by atoms with Gasteiger partial charge in [-0.05, 0) is 38.1 Å². The first-order valence-electron chi connectivity index (χ1n) is 7.25. The van der Waals surface area contributed by atoms with Crippen molar-refractivity contribution in [2.45, 2.75) is 25.9 Å². The molecule has 0 unspecified atom stereocenters. The molecule has 0 aliphatic heterocycles. The number of rotatable bonds is 5. The average molecular weight is 357 g/mol. The van der Waals surface area contributed by atoms with E-state index in [2.05, 4.69) is 10.6 Å². The van der Waals surface area contributed by atoms with Crippen LogP contribution in [0, 0.1) is 17.5 Å². The second-order valence-corrected chi connectivity index (χ2v) is 5.80. The number of carbonyl (C=O) groups is 1. The van der Waals surface area contributed by atoms with E-state index in [1.807, 2.05) is 0 Å². The number of halogens is 4. The Hall–Kier alpha value is -2.05. The molecular formula is C17H16ClF3N2O. The van der Waals surface area contributed by atoms with Crippen molar-refractivity contribution in [3.63, 3.8) is 0 Å². The molecule has 0 aliphatic carbocycles. The van der Waals surface area contributed by atoms with Crippen molar-refractivity contribution in [1.82, 2.24) is 5.32 Å². The Bertz CT molecular complexity index is 755. The highest BCUT2D eigenvalue weighted by Crippen LogP contribution is 2.23. The maximum Gasteiger partial charge on any atom is 0.241 e. The highest BCUT2D eigenvalue weighted by molar-refractivity contribution is 6.33. The van der Waals surface area contributed by atoms with Gasteiger partial charge in [0.05, 0.1) is 16.8 Å². The summed E-state index contributed by atoms with van der Waals surface area (Å²) in [4.78, 5) is 12.2. The Labute approximate surface area is 142 Å². The second kappa shape index (κ2) is 7.68. The standard InChI is InChI=1S/C17H16ClF3N2O/c1-9(13-5-3-12(20)8-15(13)21)22-10(2)17(24)23-16-6-4-11(19)7-14(16)18/h3-10,22H,1-2H3,(H,23,24)/t9-,10-/m0/s1. The molecule has 0 fully saturated rings. The summed E-state index contributed by atoms with van der Waals surface area (Å²) < 4.78 is 39.7. The van der Waals surface area contributed by atoms with Crippen LogP contribution in [0.5, 0.6) is 0 Å². The van der Waals surface area contributed by atoms with E-state index in [4.69, 9.17) is 11.6 Å². The van der Waals surface area contributed by atoms with Gasteiger partial charge in [0.2, 0.25) is 5.91 Å². The summed E-state index contributed by atoms with van der Waals surface area (Å²) in [5.41, 5.74) is 0.521. The number of carbonyl (C=O) groups excluding carboxylic acids is 1. The number of amides is 1. The smallest absolute Gasteiger partial charge is 0.241 e. The van der Waals surface area contributed by atoms with Crippen LogP contribution < -0.4 is 10.6 Å². The Morgan fingerprint density at radius 1 is 1.04 bits per heavy atom. The first kappa shape index (κ1) is 18.3. The lowest BCUT2D eigenvalue weighted by Gasteiger charge is -2.20. The summed E-state index contributed by atoms with van der Waals surface area (Å²) in [6.07, 6.45) is 0. The minimum Gasteiger partial charge on any atom is -0.323 e. The van der Waals surface area contributed by atoms with Crippen molar-refractivity contribution >= 4 is 23.2 Å². The van der Waals surface area contributed by atoms with Gasteiger partial charge in [0.1, 0.15) is 17.5 Å². The summed E-state index contributed by atoms with van der Waals surface area (Å²) >= 11 is 5.86. The van der Waals surface area contributed by atoms with E-state index in [1.165, 1.54) is 18.2 Å². The van der Waals surface area contributed by atoms with E-state index in [9.17, 15) is 18.0 Å². The Balaban J connectivity index is 2.02. The van der Waals surface area contributed by atoms with Crippen molar-refractivity contribution in [3.8, 4) is 0 Å². The normalized spacial score (nSPS) is 13.4. The first-order chi connectivity index (χ1) is 11.3. The second-order valence-electron chi connectivity index (χ2n) is 5.39. The van der Waals surface area contributed by atoms with E-state index >= 15 is 0 Å². The van der Waals surface area contributed by atoms with Crippen LogP contribution in [0.4, 0.5) is 18.9 Å². The molecule has 0 saturated heterocycles. The van der Waals surface area contributed by atoms with Gasteiger partial charge in [-0.1, -0.05) is 17.7 Å². The molecule has 0 saturated carbocycles. The molecule has 2 N–H and O–H groups in total. The lowest BCUT2D eigenvalue weighted by molar-refractivity contribution is -0.117. The highest BCUT2D eigenvalue weighted by atomic mass is 35.5. The van der Waals surface area contributed by atoms with Gasteiger partial charge in [-0.2, -0.15) is 0 Å². The summed E-state index contributed by atoms with van der Waals surface area (Å²) in [5, 5.41) is 5.56. The zero-order valence-electron chi connectivity index (χ0n) is 13.0. The summed E-state index contributed by atoms with van der Waals surface area (Å²) in [5.74, 6) is -2.29. The van der Waals surface area contributed by atoms with E-state index in [-0.39, 0.29) is 16.3 Å². The van der Waals surface area contributed by atoms with E-state index in [0.29, 0.717) is 0 Å². The van der Waals surface area contributed by atoms with Crippen LogP contribution in [0.3, 0.4) is 0 Å². The van der Waals surface area contributed by atoms with Crippen LogP contribution >= 0.6 is 11.6 Å². The maximum atomic E-state index is 13.8. The Morgan fingerprint density at radius 2 is 1.67 bits per heavy atom. The lowest BCUT2D eigenvalue weighted by Crippen LogP contribution is -2.39. The molecule has 0 aliphatic rings. The third-order valence-electron chi connectivity index (χ3n) is 3.51. The van der Waals surface area contributed by atoms with Crippen LogP contribution in [-0.4, -0.2) is 11.9 Å². The fraction of sp³-hybridized carbons (Fsp3) is 0.235. The van der Waals surface area contributed by atoms with Crippen LogP contribution in [0.15, 0.2) is 36.4 Å². The van der Waals surface area contributed by atoms with Gasteiger partial charge in [-0.3, -0.25) is 10.1 Å². The molecule has 7 heteroatoms. The predicted molar refractivity (Wildman–Crippen MR) is 87.4 cm³/mol. The Kier molecular flexibility index (Phi) is 5.85. The molecule has 2 rings (SSSR count). The van der Waals surface area contributed by atoms with E-state index in [0.717, 1.165) is 18.2 Å². The number of nitrogens with one attached hydrogen (secondary N) is 2. The van der Waals surface area contributed by atoms with E-state index in [1.54, 1.807) is 13.8 Å². The topological polar surface area (TPSA) is 41.1 Å². The molecule has 2 aromatic rings. The lowest BCUT2D eigenvalue weighted by atomic mass is 10.1. The first-order valence-corrected chi connectivity index (χ1v) is 7.62. The van der Waals surface area contributed by atoms with Crippen molar-refractivity contribution in [3.05, 3.63) is 64.4 Å². The number of hydrogen-bond donors (Lipinski definition) is 2. The molecule has 0 bridgehead atoms. The van der Waals surface area contributed by atoms with Gasteiger partial charge in [0, 0.05) is 17.7 Å². The quantitative estimate of drug-likeness (QED) is 0.831. The SMILES string of the molecule is C[C@H](N[C@@H](C)c1ccc(F)cc1F)C(=O)Nc1ccc(F)cc1Cl. The predicted octanol–water partition coefficient (Wildman–Crippen LogP) is 4.44. The molecule has 0 heterocycles. The van der Waals surface area contributed by atoms with E-state index < -0.39 is 35.4 Å². The molecule has 2 aromatic carbocycles. The number of anilines is 1. The molecule has 0 spiro atoms. The van der Waals surface area contributed by atoms with Crippen LogP contribution in [0.25, 0.3) is 0 Å². The molecule has 3 nitrogen and oxygen atoms in total. The zero-order chi connectivity index (χ0) is 17.9. The Morgan fingerprint density at radius 3 is 2.29 bits per heavy atom. The fourth-order valence-electron chi connectivity index (χ4n) is 2.22. The van der Waals surface area contributed by atoms with Crippen LogP contribution in [-0.2, 0) is 4.79 Å². The minimum absolute atomic E-state index is 0.0770. The number of benzene rings is 2.